The minimum atomic E-state index is -0.597. The molecule has 0 aromatic heterocycles. The topological polar surface area (TPSA) is 76.7 Å². The smallest absolute Gasteiger partial charge is 0.321 e. The number of ether oxygens (including phenoxy) is 1. The van der Waals surface area contributed by atoms with Crippen LogP contribution in [0.25, 0.3) is 5.57 Å². The number of nitrogens with one attached hydrogen (secondary N) is 2. The average molecular weight is 296 g/mol. The van der Waals surface area contributed by atoms with Crippen molar-refractivity contribution in [2.75, 3.05) is 14.2 Å². The Morgan fingerprint density at radius 2 is 2.05 bits per heavy atom. The lowest BCUT2D eigenvalue weighted by Gasteiger charge is -2.11. The second-order valence-corrected chi connectivity index (χ2v) is 3.99. The lowest BCUT2D eigenvalue weighted by atomic mass is 10.0. The second-order valence-electron chi connectivity index (χ2n) is 3.73. The summed E-state index contributed by atoms with van der Waals surface area (Å²) in [6.45, 7) is 0.216. The standard InChI is InChI=1S/C13H16N2O4S/c1-14-13(17)15-12(16)11(8-18-2)10-6-4-3-5-9(10)7-19-20/h3-6,8,20H,7H2,1-2H3,(H2,14,15,16,17)/b11-8+. The molecular formula is C13H16N2O4S. The quantitative estimate of drug-likeness (QED) is 0.333. The van der Waals surface area contributed by atoms with Gasteiger partial charge >= 0.3 is 6.03 Å². The summed E-state index contributed by atoms with van der Waals surface area (Å²) in [6, 6.07) is 6.51. The molecule has 0 radical (unpaired) electrons. The molecule has 0 aliphatic rings. The predicted octanol–water partition coefficient (Wildman–Crippen LogP) is 1.49. The largest absolute Gasteiger partial charge is 0.504 e. The first kappa shape index (κ1) is 16.1. The third-order valence-corrected chi connectivity index (χ3v) is 2.59. The van der Waals surface area contributed by atoms with Gasteiger partial charge in [-0.3, -0.25) is 10.1 Å². The number of amides is 3. The predicted molar refractivity (Wildman–Crippen MR) is 77.8 cm³/mol. The number of urea groups is 1. The monoisotopic (exact) mass is 296 g/mol. The van der Waals surface area contributed by atoms with E-state index in [1.165, 1.54) is 20.4 Å². The molecule has 0 saturated carbocycles. The van der Waals surface area contributed by atoms with Crippen molar-refractivity contribution in [3.63, 3.8) is 0 Å². The third-order valence-electron chi connectivity index (χ3n) is 2.46. The van der Waals surface area contributed by atoms with Crippen LogP contribution in [-0.4, -0.2) is 26.1 Å². The number of imide groups is 1. The molecule has 108 valence electrons. The fourth-order valence-electron chi connectivity index (χ4n) is 1.57. The van der Waals surface area contributed by atoms with Crippen molar-refractivity contribution in [1.82, 2.24) is 10.6 Å². The van der Waals surface area contributed by atoms with Crippen molar-refractivity contribution in [1.29, 1.82) is 0 Å². The zero-order valence-corrected chi connectivity index (χ0v) is 12.1. The maximum absolute atomic E-state index is 12.1. The van der Waals surface area contributed by atoms with Crippen molar-refractivity contribution in [3.8, 4) is 0 Å². The number of benzene rings is 1. The van der Waals surface area contributed by atoms with Crippen LogP contribution in [0.3, 0.4) is 0 Å². The van der Waals surface area contributed by atoms with Gasteiger partial charge in [0.25, 0.3) is 5.91 Å². The van der Waals surface area contributed by atoms with Gasteiger partial charge in [0.15, 0.2) is 0 Å². The highest BCUT2D eigenvalue weighted by molar-refractivity contribution is 7.75. The Morgan fingerprint density at radius 3 is 2.65 bits per heavy atom. The van der Waals surface area contributed by atoms with Crippen LogP contribution in [0.1, 0.15) is 11.1 Å². The molecule has 0 bridgehead atoms. The van der Waals surface area contributed by atoms with Crippen LogP contribution >= 0.6 is 12.9 Å². The van der Waals surface area contributed by atoms with E-state index >= 15 is 0 Å². The van der Waals surface area contributed by atoms with Gasteiger partial charge in [0.2, 0.25) is 0 Å². The Hall–Kier alpha value is -1.99. The molecule has 1 aromatic carbocycles. The minimum absolute atomic E-state index is 0.216. The molecule has 0 spiro atoms. The summed E-state index contributed by atoms with van der Waals surface area (Å²) in [7, 11) is 2.84. The number of methoxy groups -OCH3 is 1. The van der Waals surface area contributed by atoms with E-state index in [1.807, 2.05) is 6.07 Å². The van der Waals surface area contributed by atoms with E-state index < -0.39 is 11.9 Å². The lowest BCUT2D eigenvalue weighted by Crippen LogP contribution is -2.38. The number of thiol groups is 1. The average Bonchev–Trinajstić information content (AvgIpc) is 2.45. The molecule has 3 amide bonds. The second kappa shape index (κ2) is 8.23. The zero-order chi connectivity index (χ0) is 15.0. The van der Waals surface area contributed by atoms with E-state index in [0.717, 1.165) is 5.56 Å². The number of hydrogen-bond donors (Lipinski definition) is 3. The van der Waals surface area contributed by atoms with Gasteiger partial charge < -0.3 is 14.2 Å². The fourth-order valence-corrected chi connectivity index (χ4v) is 1.71. The van der Waals surface area contributed by atoms with Crippen LogP contribution in [0.15, 0.2) is 30.5 Å². The van der Waals surface area contributed by atoms with Gasteiger partial charge in [-0.05, 0) is 24.0 Å². The van der Waals surface area contributed by atoms with Gasteiger partial charge in [-0.25, -0.2) is 4.79 Å². The van der Waals surface area contributed by atoms with Crippen LogP contribution < -0.4 is 10.6 Å². The Kier molecular flexibility index (Phi) is 6.61. The molecule has 6 nitrogen and oxygen atoms in total. The van der Waals surface area contributed by atoms with Crippen LogP contribution in [-0.2, 0) is 20.3 Å². The Bertz CT molecular complexity index is 517. The van der Waals surface area contributed by atoms with Crippen LogP contribution in [0.4, 0.5) is 4.79 Å². The van der Waals surface area contributed by atoms with Crippen LogP contribution in [0.2, 0.25) is 0 Å². The first-order chi connectivity index (χ1) is 9.63. The summed E-state index contributed by atoms with van der Waals surface area (Å²) in [6.07, 6.45) is 1.27. The van der Waals surface area contributed by atoms with Crippen LogP contribution in [0.5, 0.6) is 0 Å². The maximum atomic E-state index is 12.1. The van der Waals surface area contributed by atoms with E-state index in [-0.39, 0.29) is 12.2 Å². The summed E-state index contributed by atoms with van der Waals surface area (Å²) in [5.74, 6) is -0.571. The normalized spacial score (nSPS) is 10.8. The first-order valence-electron chi connectivity index (χ1n) is 5.74. The molecule has 0 saturated heterocycles. The van der Waals surface area contributed by atoms with Gasteiger partial charge in [-0.2, -0.15) is 0 Å². The van der Waals surface area contributed by atoms with Crippen molar-refractivity contribution in [2.45, 2.75) is 6.61 Å². The lowest BCUT2D eigenvalue weighted by molar-refractivity contribution is -0.114. The van der Waals surface area contributed by atoms with E-state index in [9.17, 15) is 9.59 Å². The van der Waals surface area contributed by atoms with Gasteiger partial charge in [-0.1, -0.05) is 24.3 Å². The van der Waals surface area contributed by atoms with E-state index in [0.29, 0.717) is 5.56 Å². The van der Waals surface area contributed by atoms with E-state index in [2.05, 4.69) is 23.5 Å². The molecule has 2 N–H and O–H groups in total. The number of hydrogen-bond acceptors (Lipinski definition) is 5. The molecule has 20 heavy (non-hydrogen) atoms. The summed E-state index contributed by atoms with van der Waals surface area (Å²) in [5.41, 5.74) is 1.57. The van der Waals surface area contributed by atoms with E-state index in [4.69, 9.17) is 8.92 Å². The Morgan fingerprint density at radius 1 is 1.35 bits per heavy atom. The third kappa shape index (κ3) is 4.29. The van der Waals surface area contributed by atoms with Gasteiger partial charge in [0.1, 0.15) is 0 Å². The highest BCUT2D eigenvalue weighted by Gasteiger charge is 2.17. The van der Waals surface area contributed by atoms with Gasteiger partial charge in [0, 0.05) is 7.05 Å². The number of rotatable bonds is 5. The molecule has 7 heteroatoms. The molecule has 0 aliphatic carbocycles. The maximum Gasteiger partial charge on any atom is 0.321 e. The molecular weight excluding hydrogens is 280 g/mol. The number of carbonyl (C=O) groups is 2. The van der Waals surface area contributed by atoms with E-state index in [1.54, 1.807) is 18.2 Å². The molecule has 0 aliphatic heterocycles. The van der Waals surface area contributed by atoms with Gasteiger partial charge in [0.05, 0.1) is 25.6 Å². The SMILES string of the molecule is CNC(=O)NC(=O)/C(=C/OC)c1ccccc1COS. The molecule has 0 heterocycles. The molecule has 0 fully saturated rings. The first-order valence-corrected chi connectivity index (χ1v) is 6.11. The van der Waals surface area contributed by atoms with Crippen molar-refractivity contribution in [3.05, 3.63) is 41.7 Å². The van der Waals surface area contributed by atoms with Gasteiger partial charge in [-0.15, -0.1) is 0 Å². The Balaban J connectivity index is 3.11. The Labute approximate surface area is 122 Å². The molecule has 0 atom stereocenters. The summed E-state index contributed by atoms with van der Waals surface area (Å²) in [4.78, 5) is 23.3. The molecule has 0 unspecified atom stereocenters. The van der Waals surface area contributed by atoms with Crippen LogP contribution in [0, 0.1) is 0 Å². The summed E-state index contributed by atoms with van der Waals surface area (Å²) < 4.78 is 9.71. The number of carbonyl (C=O) groups excluding carboxylic acids is 2. The highest BCUT2D eigenvalue weighted by atomic mass is 32.1. The van der Waals surface area contributed by atoms with Crippen molar-refractivity contribution >= 4 is 30.4 Å². The zero-order valence-electron chi connectivity index (χ0n) is 11.2. The summed E-state index contributed by atoms with van der Waals surface area (Å²) in [5, 5.41) is 4.49. The molecule has 1 rings (SSSR count). The minimum Gasteiger partial charge on any atom is -0.504 e. The van der Waals surface area contributed by atoms with Crippen molar-refractivity contribution in [2.24, 2.45) is 0 Å². The summed E-state index contributed by atoms with van der Waals surface area (Å²) >= 11 is 3.71. The fraction of sp³-hybridized carbons (Fsp3) is 0.231. The highest BCUT2D eigenvalue weighted by Crippen LogP contribution is 2.21. The molecule has 1 aromatic rings. The van der Waals surface area contributed by atoms with Crippen molar-refractivity contribution < 1.29 is 18.5 Å².